The number of Topliss-reactive ketones (excluding diaryl/α,β-unsaturated/α-hetero) is 1. The number of aromatic amines is 1. The zero-order chi connectivity index (χ0) is 34.4. The third-order valence-corrected chi connectivity index (χ3v) is 9.22. The van der Waals surface area contributed by atoms with Crippen molar-refractivity contribution in [3.63, 3.8) is 0 Å². The summed E-state index contributed by atoms with van der Waals surface area (Å²) in [5.41, 5.74) is 3.69. The van der Waals surface area contributed by atoms with E-state index in [2.05, 4.69) is 4.98 Å². The van der Waals surface area contributed by atoms with E-state index in [-0.39, 0.29) is 54.7 Å². The Balaban J connectivity index is 1.14. The number of nitrogens with zero attached hydrogens (tertiary/aromatic N) is 1. The Morgan fingerprint density at radius 3 is 2.59 bits per heavy atom. The predicted molar refractivity (Wildman–Crippen MR) is 178 cm³/mol. The third-order valence-electron chi connectivity index (χ3n) is 9.22. The smallest absolute Gasteiger partial charge is 0.254 e. The number of aromatic nitrogens is 1. The van der Waals surface area contributed by atoms with Crippen LogP contribution >= 0.6 is 0 Å². The molecule has 5 N–H and O–H groups in total. The number of nitrogens with one attached hydrogen (secondary N) is 1. The molecule has 254 valence electrons. The summed E-state index contributed by atoms with van der Waals surface area (Å²) in [5, 5.41) is 45.6. The number of rotatable bonds is 10. The van der Waals surface area contributed by atoms with Crippen molar-refractivity contribution in [2.24, 2.45) is 0 Å². The molecule has 1 fully saturated rings. The molecule has 12 heteroatoms. The van der Waals surface area contributed by atoms with Crippen LogP contribution in [0, 0.1) is 6.92 Å². The Morgan fingerprint density at radius 2 is 1.80 bits per heavy atom. The molecule has 3 heterocycles. The van der Waals surface area contributed by atoms with Gasteiger partial charge in [-0.2, -0.15) is 0 Å². The van der Waals surface area contributed by atoms with Gasteiger partial charge in [-0.25, -0.2) is 0 Å². The summed E-state index contributed by atoms with van der Waals surface area (Å²) >= 11 is 0. The number of carbonyl (C=O) groups is 2. The van der Waals surface area contributed by atoms with E-state index in [1.54, 1.807) is 31.2 Å². The van der Waals surface area contributed by atoms with Crippen LogP contribution in [-0.2, 0) is 22.6 Å². The maximum absolute atomic E-state index is 13.7. The minimum absolute atomic E-state index is 0.00310. The van der Waals surface area contributed by atoms with Crippen molar-refractivity contribution in [3.8, 4) is 17.2 Å². The lowest BCUT2D eigenvalue weighted by Crippen LogP contribution is -2.60. The maximum Gasteiger partial charge on any atom is 0.254 e. The van der Waals surface area contributed by atoms with Gasteiger partial charge in [0.2, 0.25) is 6.29 Å². The Morgan fingerprint density at radius 1 is 1.02 bits per heavy atom. The number of aromatic hydroxyl groups is 1. The molecule has 4 aromatic carbocycles. The molecule has 5 atom stereocenters. The van der Waals surface area contributed by atoms with Gasteiger partial charge in [-0.3, -0.25) is 9.59 Å². The van der Waals surface area contributed by atoms with Gasteiger partial charge in [-0.05, 0) is 41.6 Å². The second-order valence-corrected chi connectivity index (χ2v) is 12.4. The highest BCUT2D eigenvalue weighted by molar-refractivity contribution is 6.10. The zero-order valence-corrected chi connectivity index (χ0v) is 26.8. The number of amides is 1. The standard InChI is InChI=1S/C37H36N2O10/c1-19-11-21-12-23(46-2)13-28(31(21)33(42)30(19)27(40)16-39-15-20-7-3-4-9-25(20)36(39)45)48-37-35(44)34(43)32(41)29(49-37)18-47-17-22-14-38-26-10-6-5-8-24(22)26/h3-14,29,32,34-35,37-38,41-44H,15-18H2,1-2H3/t29-,32-,34+,35-,37+/m1/s1. The van der Waals surface area contributed by atoms with Crippen molar-refractivity contribution in [1.82, 2.24) is 9.88 Å². The van der Waals surface area contributed by atoms with Crippen LogP contribution < -0.4 is 9.47 Å². The van der Waals surface area contributed by atoms with E-state index in [4.69, 9.17) is 18.9 Å². The number of aliphatic hydroxyl groups excluding tert-OH is 3. The largest absolute Gasteiger partial charge is 0.506 e. The molecule has 0 saturated carbocycles. The van der Waals surface area contributed by atoms with Crippen LogP contribution in [0.15, 0.2) is 72.9 Å². The average molecular weight is 669 g/mol. The summed E-state index contributed by atoms with van der Waals surface area (Å²) in [5.74, 6) is -0.771. The number of para-hydroxylation sites is 1. The molecule has 5 aromatic rings. The first-order chi connectivity index (χ1) is 23.6. The van der Waals surface area contributed by atoms with Crippen molar-refractivity contribution in [2.75, 3.05) is 20.3 Å². The van der Waals surface area contributed by atoms with Crippen LogP contribution in [-0.4, -0.2) is 93.0 Å². The SMILES string of the molecule is COc1cc(O[C@H]2O[C@H](COCc3c[nH]c4ccccc34)[C@@H](O)[C@H](O)[C@H]2O)c2c(O)c(C(=O)CN3Cc4ccccc4C3=O)c(C)cc2c1. The second kappa shape index (κ2) is 13.1. The van der Waals surface area contributed by atoms with Crippen molar-refractivity contribution < 1.29 is 49.0 Å². The van der Waals surface area contributed by atoms with Crippen LogP contribution in [0.2, 0.25) is 0 Å². The van der Waals surface area contributed by atoms with Crippen LogP contribution in [0.25, 0.3) is 21.7 Å². The number of benzene rings is 4. The van der Waals surface area contributed by atoms with E-state index in [0.29, 0.717) is 22.3 Å². The fraction of sp³-hybridized carbons (Fsp3) is 0.297. The zero-order valence-electron chi connectivity index (χ0n) is 26.8. The van der Waals surface area contributed by atoms with Crippen LogP contribution in [0.3, 0.4) is 0 Å². The highest BCUT2D eigenvalue weighted by atomic mass is 16.7. The number of H-pyrrole nitrogens is 1. The van der Waals surface area contributed by atoms with Gasteiger partial charge in [-0.15, -0.1) is 0 Å². The fourth-order valence-corrected chi connectivity index (χ4v) is 6.67. The second-order valence-electron chi connectivity index (χ2n) is 12.4. The minimum atomic E-state index is -1.68. The lowest BCUT2D eigenvalue weighted by atomic mass is 9.96. The number of ketones is 1. The first-order valence-corrected chi connectivity index (χ1v) is 15.9. The molecule has 2 aliphatic rings. The summed E-state index contributed by atoms with van der Waals surface area (Å²) < 4.78 is 23.4. The molecule has 0 aliphatic carbocycles. The lowest BCUT2D eigenvalue weighted by Gasteiger charge is -2.40. The monoisotopic (exact) mass is 668 g/mol. The quantitative estimate of drug-likeness (QED) is 0.139. The number of phenolic OH excluding ortho intramolecular Hbond substituents is 1. The van der Waals surface area contributed by atoms with Gasteiger partial charge >= 0.3 is 0 Å². The number of hydrogen-bond donors (Lipinski definition) is 5. The van der Waals surface area contributed by atoms with Gasteiger partial charge in [0.15, 0.2) is 5.78 Å². The van der Waals surface area contributed by atoms with Crippen molar-refractivity contribution in [1.29, 1.82) is 0 Å². The third kappa shape index (κ3) is 5.98. The van der Waals surface area contributed by atoms with E-state index < -0.39 is 36.5 Å². The summed E-state index contributed by atoms with van der Waals surface area (Å²) in [6.45, 7) is 1.76. The van der Waals surface area contributed by atoms with E-state index in [9.17, 15) is 30.0 Å². The van der Waals surface area contributed by atoms with Crippen LogP contribution in [0.4, 0.5) is 0 Å². The molecule has 1 aromatic heterocycles. The number of fused-ring (bicyclic) bond motifs is 3. The molecule has 0 bridgehead atoms. The highest BCUT2D eigenvalue weighted by Crippen LogP contribution is 2.42. The highest BCUT2D eigenvalue weighted by Gasteiger charge is 2.45. The van der Waals surface area contributed by atoms with E-state index in [0.717, 1.165) is 22.0 Å². The van der Waals surface area contributed by atoms with Crippen molar-refractivity contribution >= 4 is 33.4 Å². The molecule has 0 unspecified atom stereocenters. The molecule has 0 radical (unpaired) electrons. The molecule has 7 rings (SSSR count). The molecule has 49 heavy (non-hydrogen) atoms. The van der Waals surface area contributed by atoms with Crippen LogP contribution in [0.5, 0.6) is 17.2 Å². The Kier molecular flexibility index (Phi) is 8.73. The molecule has 1 saturated heterocycles. The normalized spacial score (nSPS) is 22.1. The number of carbonyl (C=O) groups excluding carboxylic acids is 2. The topological polar surface area (TPSA) is 171 Å². The van der Waals surface area contributed by atoms with E-state index >= 15 is 0 Å². The van der Waals surface area contributed by atoms with E-state index in [1.807, 2.05) is 42.6 Å². The Hall–Kier alpha value is -4.98. The first kappa shape index (κ1) is 32.6. The summed E-state index contributed by atoms with van der Waals surface area (Å²) in [6, 6.07) is 19.7. The predicted octanol–water partition coefficient (Wildman–Crippen LogP) is 3.59. The number of aliphatic hydroxyl groups is 3. The van der Waals surface area contributed by atoms with Gasteiger partial charge in [0.25, 0.3) is 5.91 Å². The van der Waals surface area contributed by atoms with Crippen molar-refractivity contribution in [3.05, 3.63) is 101 Å². The Labute approximate surface area is 281 Å². The fourth-order valence-electron chi connectivity index (χ4n) is 6.67. The Bertz CT molecular complexity index is 2060. The number of methoxy groups -OCH3 is 1. The number of ether oxygens (including phenoxy) is 4. The summed E-state index contributed by atoms with van der Waals surface area (Å²) in [7, 11) is 1.45. The molecule has 1 amide bonds. The number of hydrogen-bond acceptors (Lipinski definition) is 10. The maximum atomic E-state index is 13.7. The molecule has 0 spiro atoms. The van der Waals surface area contributed by atoms with Crippen molar-refractivity contribution in [2.45, 2.75) is 50.8 Å². The lowest BCUT2D eigenvalue weighted by molar-refractivity contribution is -0.280. The average Bonchev–Trinajstić information content (AvgIpc) is 3.65. The summed E-state index contributed by atoms with van der Waals surface area (Å²) in [6.07, 6.45) is -5.57. The number of phenols is 1. The van der Waals surface area contributed by atoms with Gasteiger partial charge in [-0.1, -0.05) is 42.5 Å². The van der Waals surface area contributed by atoms with Gasteiger partial charge < -0.3 is 49.3 Å². The van der Waals surface area contributed by atoms with Gasteiger partial charge in [0.1, 0.15) is 41.7 Å². The number of aryl methyl sites for hydroxylation is 1. The van der Waals surface area contributed by atoms with Gasteiger partial charge in [0.05, 0.1) is 37.8 Å². The minimum Gasteiger partial charge on any atom is -0.506 e. The van der Waals surface area contributed by atoms with E-state index in [1.165, 1.54) is 18.1 Å². The summed E-state index contributed by atoms with van der Waals surface area (Å²) in [4.78, 5) is 31.3. The molecular weight excluding hydrogens is 632 g/mol. The van der Waals surface area contributed by atoms with Gasteiger partial charge in [0, 0.05) is 40.8 Å². The molecular formula is C37H36N2O10. The first-order valence-electron chi connectivity index (χ1n) is 15.9. The molecule has 12 nitrogen and oxygen atoms in total. The van der Waals surface area contributed by atoms with Crippen LogP contribution in [0.1, 0.15) is 37.4 Å². The molecule has 2 aliphatic heterocycles.